The van der Waals surface area contributed by atoms with Crippen molar-refractivity contribution in [3.63, 3.8) is 0 Å². The zero-order valence-electron chi connectivity index (χ0n) is 14.5. The second-order valence-corrected chi connectivity index (χ2v) is 6.22. The van der Waals surface area contributed by atoms with E-state index in [1.165, 1.54) is 13.0 Å². The van der Waals surface area contributed by atoms with Crippen LogP contribution in [0.15, 0.2) is 48.5 Å². The lowest BCUT2D eigenvalue weighted by Crippen LogP contribution is -2.25. The van der Waals surface area contributed by atoms with Crippen LogP contribution in [0.2, 0.25) is 0 Å². The molecule has 2 aromatic carbocycles. The molecule has 6 nitrogen and oxygen atoms in total. The van der Waals surface area contributed by atoms with Crippen molar-refractivity contribution in [3.05, 3.63) is 59.7 Å². The van der Waals surface area contributed by atoms with Crippen LogP contribution in [0, 0.1) is 5.92 Å². The largest absolute Gasteiger partial charge is 0.427 e. The smallest absolute Gasteiger partial charge is 0.308 e. The van der Waals surface area contributed by atoms with Crippen molar-refractivity contribution in [1.82, 2.24) is 5.32 Å². The van der Waals surface area contributed by atoms with Crippen LogP contribution in [0.4, 0.5) is 5.69 Å². The second kappa shape index (κ2) is 7.82. The van der Waals surface area contributed by atoms with E-state index in [1.807, 2.05) is 18.2 Å². The van der Waals surface area contributed by atoms with Crippen molar-refractivity contribution >= 4 is 23.5 Å². The molecule has 0 unspecified atom stereocenters. The Morgan fingerprint density at radius 3 is 2.58 bits per heavy atom. The SMILES string of the molecule is CC(=O)Oc1cccc(C(=O)Nc2ccccc2CNC(=O)C2CC2)c1. The van der Waals surface area contributed by atoms with E-state index < -0.39 is 5.97 Å². The Morgan fingerprint density at radius 1 is 1.08 bits per heavy atom. The summed E-state index contributed by atoms with van der Waals surface area (Å²) in [5.41, 5.74) is 1.83. The number of carbonyl (C=O) groups excluding carboxylic acids is 3. The van der Waals surface area contributed by atoms with E-state index >= 15 is 0 Å². The molecule has 0 aromatic heterocycles. The van der Waals surface area contributed by atoms with Crippen molar-refractivity contribution in [2.45, 2.75) is 26.3 Å². The molecule has 2 N–H and O–H groups in total. The Kier molecular flexibility index (Phi) is 5.31. The normalized spacial score (nSPS) is 13.0. The van der Waals surface area contributed by atoms with Crippen LogP contribution < -0.4 is 15.4 Å². The Labute approximate surface area is 151 Å². The molecular weight excluding hydrogens is 332 g/mol. The maximum atomic E-state index is 12.5. The van der Waals surface area contributed by atoms with Crippen LogP contribution >= 0.6 is 0 Å². The third kappa shape index (κ3) is 4.69. The number of esters is 1. The van der Waals surface area contributed by atoms with Gasteiger partial charge in [-0.2, -0.15) is 0 Å². The van der Waals surface area contributed by atoms with Crippen LogP contribution in [-0.2, 0) is 16.1 Å². The highest BCUT2D eigenvalue weighted by Crippen LogP contribution is 2.29. The highest BCUT2D eigenvalue weighted by molar-refractivity contribution is 6.05. The van der Waals surface area contributed by atoms with E-state index in [4.69, 9.17) is 4.74 Å². The standard InChI is InChI=1S/C20H20N2O4/c1-13(23)26-17-7-4-6-15(11-17)20(25)22-18-8-3-2-5-16(18)12-21-19(24)14-9-10-14/h2-8,11,14H,9-10,12H2,1H3,(H,21,24)(H,22,25). The Morgan fingerprint density at radius 2 is 1.85 bits per heavy atom. The summed E-state index contributed by atoms with van der Waals surface area (Å²) in [6.45, 7) is 1.66. The van der Waals surface area contributed by atoms with Crippen molar-refractivity contribution < 1.29 is 19.1 Å². The molecule has 1 aliphatic carbocycles. The second-order valence-electron chi connectivity index (χ2n) is 6.22. The van der Waals surface area contributed by atoms with E-state index in [0.717, 1.165) is 18.4 Å². The third-order valence-electron chi connectivity index (χ3n) is 4.02. The van der Waals surface area contributed by atoms with Gasteiger partial charge >= 0.3 is 5.97 Å². The number of hydrogen-bond acceptors (Lipinski definition) is 4. The van der Waals surface area contributed by atoms with Crippen molar-refractivity contribution in [2.24, 2.45) is 5.92 Å². The predicted octanol–water partition coefficient (Wildman–Crippen LogP) is 2.89. The minimum Gasteiger partial charge on any atom is -0.427 e. The van der Waals surface area contributed by atoms with Crippen LogP contribution in [0.5, 0.6) is 5.75 Å². The fourth-order valence-electron chi connectivity index (χ4n) is 2.53. The van der Waals surface area contributed by atoms with Gasteiger partial charge in [0.1, 0.15) is 5.75 Å². The Balaban J connectivity index is 1.69. The first kappa shape index (κ1) is 17.7. The minimum absolute atomic E-state index is 0.0558. The number of para-hydroxylation sites is 1. The van der Waals surface area contributed by atoms with Gasteiger partial charge in [0, 0.05) is 30.6 Å². The molecule has 0 spiro atoms. The number of ether oxygens (including phenoxy) is 1. The summed E-state index contributed by atoms with van der Waals surface area (Å²) in [4.78, 5) is 35.4. The van der Waals surface area contributed by atoms with Gasteiger partial charge in [-0.25, -0.2) is 0 Å². The minimum atomic E-state index is -0.445. The lowest BCUT2D eigenvalue weighted by Gasteiger charge is -2.12. The highest BCUT2D eigenvalue weighted by atomic mass is 16.5. The molecule has 2 amide bonds. The first-order chi connectivity index (χ1) is 12.5. The van der Waals surface area contributed by atoms with Gasteiger partial charge in [-0.15, -0.1) is 0 Å². The van der Waals surface area contributed by atoms with E-state index in [9.17, 15) is 14.4 Å². The van der Waals surface area contributed by atoms with Crippen molar-refractivity contribution in [3.8, 4) is 5.75 Å². The Hall–Kier alpha value is -3.15. The summed E-state index contributed by atoms with van der Waals surface area (Å²) < 4.78 is 5.01. The number of nitrogens with one attached hydrogen (secondary N) is 2. The van der Waals surface area contributed by atoms with E-state index in [2.05, 4.69) is 10.6 Å². The van der Waals surface area contributed by atoms with Gasteiger partial charge in [0.2, 0.25) is 5.91 Å². The molecule has 0 aliphatic heterocycles. The average molecular weight is 352 g/mol. The summed E-state index contributed by atoms with van der Waals surface area (Å²) in [6.07, 6.45) is 1.89. The maximum Gasteiger partial charge on any atom is 0.308 e. The van der Waals surface area contributed by atoms with Crippen LogP contribution in [-0.4, -0.2) is 17.8 Å². The number of hydrogen-bond donors (Lipinski definition) is 2. The van der Waals surface area contributed by atoms with Gasteiger partial charge in [-0.05, 0) is 42.7 Å². The Bertz CT molecular complexity index is 843. The van der Waals surface area contributed by atoms with Crippen LogP contribution in [0.25, 0.3) is 0 Å². The van der Waals surface area contributed by atoms with Gasteiger partial charge in [0.05, 0.1) is 0 Å². The van der Waals surface area contributed by atoms with Crippen molar-refractivity contribution in [2.75, 3.05) is 5.32 Å². The summed E-state index contributed by atoms with van der Waals surface area (Å²) in [5.74, 6) is -0.254. The highest BCUT2D eigenvalue weighted by Gasteiger charge is 2.29. The van der Waals surface area contributed by atoms with Crippen LogP contribution in [0.1, 0.15) is 35.7 Å². The first-order valence-corrected chi connectivity index (χ1v) is 8.48. The fourth-order valence-corrected chi connectivity index (χ4v) is 2.53. The number of anilines is 1. The molecule has 26 heavy (non-hydrogen) atoms. The molecule has 1 saturated carbocycles. The zero-order valence-corrected chi connectivity index (χ0v) is 14.5. The molecule has 6 heteroatoms. The van der Waals surface area contributed by atoms with E-state index in [0.29, 0.717) is 23.5 Å². The monoisotopic (exact) mass is 352 g/mol. The molecule has 134 valence electrons. The summed E-state index contributed by atoms with van der Waals surface area (Å²) >= 11 is 0. The number of amides is 2. The lowest BCUT2D eigenvalue weighted by molar-refractivity contribution is -0.131. The van der Waals surface area contributed by atoms with E-state index in [1.54, 1.807) is 24.3 Å². The molecule has 0 heterocycles. The lowest BCUT2D eigenvalue weighted by atomic mass is 10.1. The molecule has 0 saturated heterocycles. The van der Waals surface area contributed by atoms with Crippen LogP contribution in [0.3, 0.4) is 0 Å². The quantitative estimate of drug-likeness (QED) is 0.618. The van der Waals surface area contributed by atoms with Crippen molar-refractivity contribution in [1.29, 1.82) is 0 Å². The van der Waals surface area contributed by atoms with Gasteiger partial charge < -0.3 is 15.4 Å². The number of rotatable bonds is 6. The number of carbonyl (C=O) groups is 3. The fraction of sp³-hybridized carbons (Fsp3) is 0.250. The summed E-state index contributed by atoms with van der Waals surface area (Å²) in [5, 5.41) is 5.74. The van der Waals surface area contributed by atoms with Gasteiger partial charge in [0.15, 0.2) is 0 Å². The zero-order chi connectivity index (χ0) is 18.5. The van der Waals surface area contributed by atoms with Gasteiger partial charge in [-0.3, -0.25) is 14.4 Å². The first-order valence-electron chi connectivity index (χ1n) is 8.48. The molecular formula is C20H20N2O4. The molecule has 0 atom stereocenters. The summed E-state index contributed by atoms with van der Waals surface area (Å²) in [7, 11) is 0. The number of benzene rings is 2. The predicted molar refractivity (Wildman–Crippen MR) is 96.7 cm³/mol. The maximum absolute atomic E-state index is 12.5. The molecule has 3 rings (SSSR count). The average Bonchev–Trinajstić information content (AvgIpc) is 3.45. The van der Waals surface area contributed by atoms with Gasteiger partial charge in [-0.1, -0.05) is 24.3 Å². The van der Waals surface area contributed by atoms with Gasteiger partial charge in [0.25, 0.3) is 5.91 Å². The summed E-state index contributed by atoms with van der Waals surface area (Å²) in [6, 6.07) is 13.7. The molecule has 2 aromatic rings. The third-order valence-corrected chi connectivity index (χ3v) is 4.02. The molecule has 0 radical (unpaired) electrons. The molecule has 0 bridgehead atoms. The molecule has 1 aliphatic rings. The van der Waals surface area contributed by atoms with E-state index in [-0.39, 0.29) is 17.7 Å². The molecule has 1 fully saturated rings. The topological polar surface area (TPSA) is 84.5 Å².